The van der Waals surface area contributed by atoms with Gasteiger partial charge in [-0.1, -0.05) is 0 Å². The average Bonchev–Trinajstić information content (AvgIpc) is 3.43. The molecule has 43 heavy (non-hydrogen) atoms. The smallest absolute Gasteiger partial charge is 0.408 e. The van der Waals surface area contributed by atoms with E-state index in [-0.39, 0.29) is 47.8 Å². The molecule has 0 unspecified atom stereocenters. The molecule has 9 nitrogen and oxygen atoms in total. The molecule has 1 spiro atoms. The number of benzene rings is 1. The number of anilines is 3. The van der Waals surface area contributed by atoms with Gasteiger partial charge in [-0.15, -0.1) is 0 Å². The fraction of sp³-hybridized carbons (Fsp3) is 0.571. The molecule has 4 aliphatic rings. The summed E-state index contributed by atoms with van der Waals surface area (Å²) in [6.07, 6.45) is -6.33. The lowest BCUT2D eigenvalue weighted by Crippen LogP contribution is -2.45. The first kappa shape index (κ1) is 29.3. The zero-order chi connectivity index (χ0) is 30.9. The highest BCUT2D eigenvalue weighted by Crippen LogP contribution is 2.57. The maximum Gasteiger partial charge on any atom is 0.408 e. The summed E-state index contributed by atoms with van der Waals surface area (Å²) in [6, 6.07) is 2.69. The predicted octanol–water partition coefficient (Wildman–Crippen LogP) is 5.70. The van der Waals surface area contributed by atoms with Gasteiger partial charge in [-0.25, -0.2) is 9.97 Å². The third-order valence-corrected chi connectivity index (χ3v) is 8.68. The van der Waals surface area contributed by atoms with Crippen LogP contribution in [0.25, 0.3) is 0 Å². The van der Waals surface area contributed by atoms with Crippen LogP contribution in [0.15, 0.2) is 18.2 Å². The molecule has 1 aliphatic carbocycles. The van der Waals surface area contributed by atoms with Crippen molar-refractivity contribution < 1.29 is 40.6 Å². The van der Waals surface area contributed by atoms with Gasteiger partial charge < -0.3 is 19.7 Å². The number of carbonyl (C=O) groups excluding carboxylic acids is 1. The summed E-state index contributed by atoms with van der Waals surface area (Å²) >= 11 is 0. The lowest BCUT2D eigenvalue weighted by Gasteiger charge is -2.28. The Kier molecular flexibility index (Phi) is 6.73. The Balaban J connectivity index is 1.37. The molecule has 232 valence electrons. The average molecular weight is 613 g/mol. The molecule has 1 saturated carbocycles. The molecule has 6 rings (SSSR count). The second-order valence-corrected chi connectivity index (χ2v) is 12.0. The second-order valence-electron chi connectivity index (χ2n) is 12.0. The number of ether oxygens (including phenoxy) is 2. The number of carbonyl (C=O) groups is 1. The van der Waals surface area contributed by atoms with Gasteiger partial charge in [0.05, 0.1) is 23.3 Å². The van der Waals surface area contributed by atoms with E-state index in [2.05, 4.69) is 15.3 Å². The third kappa shape index (κ3) is 5.20. The van der Waals surface area contributed by atoms with Gasteiger partial charge in [-0.2, -0.15) is 26.3 Å². The maximum atomic E-state index is 13.9. The van der Waals surface area contributed by atoms with E-state index in [9.17, 15) is 31.1 Å². The monoisotopic (exact) mass is 612 g/mol. The number of rotatable bonds is 5. The van der Waals surface area contributed by atoms with E-state index < -0.39 is 48.9 Å². The molecule has 0 bridgehead atoms. The molecule has 15 heteroatoms. The summed E-state index contributed by atoms with van der Waals surface area (Å²) < 4.78 is 91.2. The van der Waals surface area contributed by atoms with E-state index in [1.165, 1.54) is 4.90 Å². The normalized spacial score (nSPS) is 21.9. The van der Waals surface area contributed by atoms with Crippen LogP contribution in [0.3, 0.4) is 0 Å². The lowest BCUT2D eigenvalue weighted by molar-refractivity contribution is -0.169. The van der Waals surface area contributed by atoms with E-state index in [4.69, 9.17) is 14.9 Å². The van der Waals surface area contributed by atoms with Crippen LogP contribution in [-0.2, 0) is 27.0 Å². The number of likely N-dealkylation sites (tertiary alicyclic amines) is 1. The number of aromatic nitrogens is 2. The van der Waals surface area contributed by atoms with E-state index in [1.807, 2.05) is 6.07 Å². The predicted molar refractivity (Wildman–Crippen MR) is 143 cm³/mol. The number of amidine groups is 1. The minimum atomic E-state index is -4.61. The second kappa shape index (κ2) is 9.88. The van der Waals surface area contributed by atoms with Crippen LogP contribution in [0.4, 0.5) is 43.7 Å². The Bertz CT molecular complexity index is 1470. The van der Waals surface area contributed by atoms with Crippen LogP contribution >= 0.6 is 0 Å². The molecule has 3 aliphatic heterocycles. The minimum absolute atomic E-state index is 0.0288. The van der Waals surface area contributed by atoms with Crippen molar-refractivity contribution in [3.8, 4) is 5.75 Å². The minimum Gasteiger partial charge on any atom is -0.493 e. The van der Waals surface area contributed by atoms with Crippen LogP contribution < -0.4 is 15.0 Å². The number of fused-ring (bicyclic) bond motifs is 3. The van der Waals surface area contributed by atoms with Crippen molar-refractivity contribution in [2.75, 3.05) is 29.9 Å². The third-order valence-electron chi connectivity index (χ3n) is 8.68. The van der Waals surface area contributed by atoms with Crippen molar-refractivity contribution in [3.63, 3.8) is 0 Å². The Morgan fingerprint density at radius 3 is 2.58 bits per heavy atom. The van der Waals surface area contributed by atoms with Gasteiger partial charge >= 0.3 is 12.4 Å². The van der Waals surface area contributed by atoms with Gasteiger partial charge in [0.15, 0.2) is 12.4 Å². The molecule has 2 N–H and O–H groups in total. The molecular formula is C28H30F6N6O3. The molecule has 0 radical (unpaired) electrons. The highest BCUT2D eigenvalue weighted by molar-refractivity contribution is 6.13. The maximum absolute atomic E-state index is 13.9. The standard InChI is InChI=1S/C28H30F6N6O3/c1-25(2)20-21(36-14-27(29,30)31)37-19(13-43-24(35)39-10-3-4-18(39)28(32,33)34)38-22(20)40(23(25)41)15-5-6-17-16(12-15)26(7-8-26)9-11-42-17/h5-6,12,18,35H,3-4,7-11,13-14H2,1-2H3,(H,36,37,38)/t18-/m1/s1. The topological polar surface area (TPSA) is 104 Å². The largest absolute Gasteiger partial charge is 0.493 e. The zero-order valence-electron chi connectivity index (χ0n) is 23.5. The van der Waals surface area contributed by atoms with Gasteiger partial charge in [0.1, 0.15) is 30.0 Å². The quantitative estimate of drug-likeness (QED) is 0.254. The van der Waals surface area contributed by atoms with Crippen molar-refractivity contribution in [3.05, 3.63) is 35.2 Å². The fourth-order valence-electron chi connectivity index (χ4n) is 6.25. The molecule has 1 aromatic heterocycles. The first-order valence-electron chi connectivity index (χ1n) is 14.0. The van der Waals surface area contributed by atoms with Crippen molar-refractivity contribution in [1.29, 1.82) is 5.41 Å². The summed E-state index contributed by atoms with van der Waals surface area (Å²) in [4.78, 5) is 24.6. The molecule has 1 aromatic carbocycles. The Hall–Kier alpha value is -3.78. The van der Waals surface area contributed by atoms with Crippen molar-refractivity contribution in [2.24, 2.45) is 0 Å². The van der Waals surface area contributed by atoms with Gasteiger partial charge in [0.2, 0.25) is 5.91 Å². The number of nitrogens with zero attached hydrogens (tertiary/aromatic N) is 4. The Morgan fingerprint density at radius 1 is 1.16 bits per heavy atom. The van der Waals surface area contributed by atoms with Crippen LogP contribution in [0.5, 0.6) is 5.75 Å². The number of amides is 1. The Morgan fingerprint density at radius 2 is 1.91 bits per heavy atom. The molecule has 1 saturated heterocycles. The highest BCUT2D eigenvalue weighted by Gasteiger charge is 2.51. The van der Waals surface area contributed by atoms with Crippen LogP contribution in [0.2, 0.25) is 0 Å². The molecule has 1 amide bonds. The van der Waals surface area contributed by atoms with Gasteiger partial charge in [-0.05, 0) is 64.2 Å². The van der Waals surface area contributed by atoms with E-state index in [1.54, 1.807) is 26.0 Å². The van der Waals surface area contributed by atoms with Gasteiger partial charge in [-0.3, -0.25) is 15.1 Å². The van der Waals surface area contributed by atoms with Crippen LogP contribution in [-0.4, -0.2) is 64.9 Å². The van der Waals surface area contributed by atoms with Crippen molar-refractivity contribution >= 4 is 29.3 Å². The molecular weight excluding hydrogens is 582 g/mol. The van der Waals surface area contributed by atoms with E-state index in [0.29, 0.717) is 12.3 Å². The molecule has 1 atom stereocenters. The van der Waals surface area contributed by atoms with E-state index >= 15 is 0 Å². The number of halogens is 6. The fourth-order valence-corrected chi connectivity index (χ4v) is 6.25. The summed E-state index contributed by atoms with van der Waals surface area (Å²) in [7, 11) is 0. The van der Waals surface area contributed by atoms with Crippen LogP contribution in [0, 0.1) is 5.41 Å². The molecule has 2 aromatic rings. The van der Waals surface area contributed by atoms with Gasteiger partial charge in [0, 0.05) is 17.5 Å². The van der Waals surface area contributed by atoms with Crippen molar-refractivity contribution in [2.45, 2.75) is 81.8 Å². The van der Waals surface area contributed by atoms with Gasteiger partial charge in [0.25, 0.3) is 6.02 Å². The SMILES string of the molecule is CC1(C)C(=O)N(c2ccc3c(c2)C2(CCO3)CC2)c2nc(COC(=N)N3CCC[C@@H]3C(F)(F)F)nc(NCC(F)(F)F)c21. The highest BCUT2D eigenvalue weighted by atomic mass is 19.4. The zero-order valence-corrected chi connectivity index (χ0v) is 23.5. The Labute approximate surface area is 243 Å². The summed E-state index contributed by atoms with van der Waals surface area (Å²) in [5.41, 5.74) is 0.208. The van der Waals surface area contributed by atoms with Crippen LogP contribution in [0.1, 0.15) is 62.9 Å². The summed E-state index contributed by atoms with van der Waals surface area (Å²) in [5, 5.41) is 10.4. The summed E-state index contributed by atoms with van der Waals surface area (Å²) in [5.74, 6) is -0.130. The number of alkyl halides is 6. The first-order valence-corrected chi connectivity index (χ1v) is 14.0. The van der Waals surface area contributed by atoms with Crippen molar-refractivity contribution in [1.82, 2.24) is 14.9 Å². The number of nitrogens with one attached hydrogen (secondary N) is 2. The molecule has 2 fully saturated rings. The summed E-state index contributed by atoms with van der Waals surface area (Å²) in [6.45, 7) is 1.64. The number of hydrogen-bond donors (Lipinski definition) is 2. The van der Waals surface area contributed by atoms with E-state index in [0.717, 1.165) is 35.5 Å². The lowest BCUT2D eigenvalue weighted by atomic mass is 9.87. The first-order chi connectivity index (χ1) is 20.1. The molecule has 4 heterocycles. The number of hydrogen-bond acceptors (Lipinski definition) is 7.